The van der Waals surface area contributed by atoms with Gasteiger partial charge in [-0.3, -0.25) is 9.59 Å². The molecule has 6 heteroatoms. The summed E-state index contributed by atoms with van der Waals surface area (Å²) in [6, 6.07) is 7.36. The average molecular weight is 368 g/mol. The Bertz CT molecular complexity index is 572. The first-order valence-corrected chi connectivity index (χ1v) is 8.92. The third-order valence-corrected chi connectivity index (χ3v) is 4.90. The van der Waals surface area contributed by atoms with E-state index in [0.717, 1.165) is 18.4 Å². The smallest absolute Gasteiger partial charge is 0.251 e. The van der Waals surface area contributed by atoms with Gasteiger partial charge in [0.2, 0.25) is 5.91 Å². The van der Waals surface area contributed by atoms with Crippen molar-refractivity contribution in [3.05, 3.63) is 35.4 Å². The quantitative estimate of drug-likeness (QED) is 0.692. The lowest BCUT2D eigenvalue weighted by atomic mass is 9.71. The predicted octanol–water partition coefficient (Wildman–Crippen LogP) is 2.77. The van der Waals surface area contributed by atoms with Gasteiger partial charge >= 0.3 is 0 Å². The third kappa shape index (κ3) is 6.33. The van der Waals surface area contributed by atoms with Gasteiger partial charge in [0.05, 0.1) is 0 Å². The van der Waals surface area contributed by atoms with Crippen molar-refractivity contribution in [3.63, 3.8) is 0 Å². The first kappa shape index (κ1) is 21.5. The molecule has 0 heterocycles. The molecule has 4 N–H and O–H groups in total. The average Bonchev–Trinajstić information content (AvgIpc) is 2.61. The van der Waals surface area contributed by atoms with Crippen molar-refractivity contribution in [2.75, 3.05) is 13.1 Å². The Morgan fingerprint density at radius 2 is 1.88 bits per heavy atom. The van der Waals surface area contributed by atoms with Gasteiger partial charge < -0.3 is 16.4 Å². The van der Waals surface area contributed by atoms with Crippen molar-refractivity contribution in [2.24, 2.45) is 11.1 Å². The van der Waals surface area contributed by atoms with Gasteiger partial charge in [0.15, 0.2) is 0 Å². The van der Waals surface area contributed by atoms with Gasteiger partial charge in [-0.05, 0) is 49.4 Å². The zero-order chi connectivity index (χ0) is 17.4. The second-order valence-electron chi connectivity index (χ2n) is 6.78. The highest BCUT2D eigenvalue weighted by molar-refractivity contribution is 5.94. The molecule has 1 aliphatic rings. The standard InChI is InChI=1S/C19H29N3O2.ClH/c1-2-21-18(24)16-8-6-7-15(11-16)13-22-17(23)12-19(14-20)9-4-3-5-10-19;/h6-8,11H,2-5,9-10,12-14,20H2,1H3,(H,21,24)(H,22,23);1H. The van der Waals surface area contributed by atoms with Gasteiger partial charge in [-0.2, -0.15) is 0 Å². The molecule has 1 aromatic carbocycles. The molecule has 0 spiro atoms. The number of amides is 2. The molecule has 0 saturated heterocycles. The van der Waals surface area contributed by atoms with E-state index in [1.165, 1.54) is 19.3 Å². The normalized spacial score (nSPS) is 15.8. The SMILES string of the molecule is CCNC(=O)c1cccc(CNC(=O)CC2(CN)CCCCC2)c1.Cl. The van der Waals surface area contributed by atoms with Crippen LogP contribution in [0.3, 0.4) is 0 Å². The molecule has 0 atom stereocenters. The van der Waals surface area contributed by atoms with E-state index in [9.17, 15) is 9.59 Å². The van der Waals surface area contributed by atoms with Gasteiger partial charge in [-0.25, -0.2) is 0 Å². The van der Waals surface area contributed by atoms with Crippen LogP contribution in [0.15, 0.2) is 24.3 Å². The van der Waals surface area contributed by atoms with E-state index in [-0.39, 0.29) is 29.6 Å². The molecule has 0 unspecified atom stereocenters. The van der Waals surface area contributed by atoms with Crippen LogP contribution in [0.2, 0.25) is 0 Å². The number of halogens is 1. The number of carbonyl (C=O) groups excluding carboxylic acids is 2. The molecule has 0 bridgehead atoms. The summed E-state index contributed by atoms with van der Waals surface area (Å²) in [6.45, 7) is 3.50. The van der Waals surface area contributed by atoms with Crippen molar-refractivity contribution < 1.29 is 9.59 Å². The second kappa shape index (κ2) is 10.4. The van der Waals surface area contributed by atoms with E-state index in [1.807, 2.05) is 25.1 Å². The summed E-state index contributed by atoms with van der Waals surface area (Å²) in [7, 11) is 0. The van der Waals surface area contributed by atoms with Crippen molar-refractivity contribution in [2.45, 2.75) is 52.0 Å². The maximum Gasteiger partial charge on any atom is 0.251 e. The van der Waals surface area contributed by atoms with Crippen LogP contribution < -0.4 is 16.4 Å². The van der Waals surface area contributed by atoms with Crippen LogP contribution >= 0.6 is 12.4 Å². The molecule has 1 aromatic rings. The van der Waals surface area contributed by atoms with Crippen LogP contribution in [-0.2, 0) is 11.3 Å². The minimum Gasteiger partial charge on any atom is -0.352 e. The lowest BCUT2D eigenvalue weighted by Gasteiger charge is -2.35. The highest BCUT2D eigenvalue weighted by Crippen LogP contribution is 2.38. The third-order valence-electron chi connectivity index (χ3n) is 4.90. The molecule has 0 radical (unpaired) electrons. The molecule has 25 heavy (non-hydrogen) atoms. The van der Waals surface area contributed by atoms with Crippen LogP contribution in [0.4, 0.5) is 0 Å². The van der Waals surface area contributed by atoms with Crippen molar-refractivity contribution >= 4 is 24.2 Å². The Labute approximate surface area is 156 Å². The minimum absolute atomic E-state index is 0. The molecule has 5 nitrogen and oxygen atoms in total. The molecule has 140 valence electrons. The summed E-state index contributed by atoms with van der Waals surface area (Å²) in [5, 5.41) is 5.76. The summed E-state index contributed by atoms with van der Waals surface area (Å²) in [5.41, 5.74) is 7.48. The van der Waals surface area contributed by atoms with Gasteiger partial charge in [0, 0.05) is 25.1 Å². The number of hydrogen-bond donors (Lipinski definition) is 3. The van der Waals surface area contributed by atoms with E-state index in [1.54, 1.807) is 6.07 Å². The molecule has 2 amide bonds. The van der Waals surface area contributed by atoms with Crippen molar-refractivity contribution in [3.8, 4) is 0 Å². The lowest BCUT2D eigenvalue weighted by molar-refractivity contribution is -0.124. The van der Waals surface area contributed by atoms with Crippen LogP contribution in [-0.4, -0.2) is 24.9 Å². The molecule has 1 aliphatic carbocycles. The van der Waals surface area contributed by atoms with E-state index < -0.39 is 0 Å². The second-order valence-corrected chi connectivity index (χ2v) is 6.78. The van der Waals surface area contributed by atoms with Gasteiger partial charge in [-0.15, -0.1) is 12.4 Å². The Morgan fingerprint density at radius 1 is 1.16 bits per heavy atom. The van der Waals surface area contributed by atoms with Crippen LogP contribution in [0.1, 0.15) is 61.4 Å². The number of carbonyl (C=O) groups is 2. The maximum atomic E-state index is 12.3. The van der Waals surface area contributed by atoms with Gasteiger partial charge in [0.25, 0.3) is 5.91 Å². The van der Waals surface area contributed by atoms with E-state index in [2.05, 4.69) is 10.6 Å². The fraction of sp³-hybridized carbons (Fsp3) is 0.579. The Morgan fingerprint density at radius 3 is 2.52 bits per heavy atom. The number of nitrogens with two attached hydrogens (primary N) is 1. The van der Waals surface area contributed by atoms with E-state index >= 15 is 0 Å². The molecular weight excluding hydrogens is 338 g/mol. The zero-order valence-corrected chi connectivity index (χ0v) is 15.8. The number of rotatable bonds is 7. The fourth-order valence-corrected chi connectivity index (χ4v) is 3.44. The maximum absolute atomic E-state index is 12.3. The van der Waals surface area contributed by atoms with Crippen LogP contribution in [0.5, 0.6) is 0 Å². The van der Waals surface area contributed by atoms with Crippen molar-refractivity contribution in [1.82, 2.24) is 10.6 Å². The molecular formula is C19H30ClN3O2. The summed E-state index contributed by atoms with van der Waals surface area (Å²) in [4.78, 5) is 24.2. The van der Waals surface area contributed by atoms with Gasteiger partial charge in [0.1, 0.15) is 0 Å². The van der Waals surface area contributed by atoms with Crippen LogP contribution in [0, 0.1) is 5.41 Å². The fourth-order valence-electron chi connectivity index (χ4n) is 3.44. The molecule has 1 saturated carbocycles. The monoisotopic (exact) mass is 367 g/mol. The minimum atomic E-state index is -0.0880. The first-order chi connectivity index (χ1) is 11.6. The number of benzene rings is 1. The summed E-state index contributed by atoms with van der Waals surface area (Å²) in [6.07, 6.45) is 6.17. The molecule has 2 rings (SSSR count). The number of hydrogen-bond acceptors (Lipinski definition) is 3. The van der Waals surface area contributed by atoms with E-state index in [4.69, 9.17) is 5.73 Å². The Kier molecular flexibility index (Phi) is 8.93. The van der Waals surface area contributed by atoms with E-state index in [0.29, 0.717) is 31.6 Å². The Hall–Kier alpha value is -1.59. The summed E-state index contributed by atoms with van der Waals surface area (Å²) < 4.78 is 0. The highest BCUT2D eigenvalue weighted by atomic mass is 35.5. The van der Waals surface area contributed by atoms with Crippen molar-refractivity contribution in [1.29, 1.82) is 0 Å². The topological polar surface area (TPSA) is 84.2 Å². The number of nitrogens with one attached hydrogen (secondary N) is 2. The molecule has 0 aromatic heterocycles. The molecule has 1 fully saturated rings. The summed E-state index contributed by atoms with van der Waals surface area (Å²) in [5.74, 6) is -0.0410. The molecule has 0 aliphatic heterocycles. The van der Waals surface area contributed by atoms with Crippen LogP contribution in [0.25, 0.3) is 0 Å². The zero-order valence-electron chi connectivity index (χ0n) is 15.0. The summed E-state index contributed by atoms with van der Waals surface area (Å²) >= 11 is 0. The lowest BCUT2D eigenvalue weighted by Crippen LogP contribution is -2.38. The highest BCUT2D eigenvalue weighted by Gasteiger charge is 2.32. The Balaban J connectivity index is 0.00000312. The first-order valence-electron chi connectivity index (χ1n) is 8.92. The van der Waals surface area contributed by atoms with Gasteiger partial charge in [-0.1, -0.05) is 31.4 Å². The largest absolute Gasteiger partial charge is 0.352 e. The predicted molar refractivity (Wildman–Crippen MR) is 103 cm³/mol.